The fourth-order valence-electron chi connectivity index (χ4n) is 3.38. The van der Waals surface area contributed by atoms with Crippen LogP contribution in [-0.2, 0) is 11.3 Å². The number of anilines is 1. The van der Waals surface area contributed by atoms with E-state index in [4.69, 9.17) is 5.11 Å². The largest absolute Gasteiger partial charge is 0.478 e. The monoisotopic (exact) mass is 499 g/mol. The lowest BCUT2D eigenvalue weighted by molar-refractivity contribution is -0.113. The molecule has 0 fully saturated rings. The Hall–Kier alpha value is -3.73. The predicted molar refractivity (Wildman–Crippen MR) is 130 cm³/mol. The molecule has 0 aliphatic carbocycles. The van der Waals surface area contributed by atoms with Crippen molar-refractivity contribution in [2.24, 2.45) is 5.92 Å². The van der Waals surface area contributed by atoms with Crippen molar-refractivity contribution in [3.63, 3.8) is 0 Å². The zero-order valence-electron chi connectivity index (χ0n) is 19.5. The second-order valence-electron chi connectivity index (χ2n) is 7.98. The maximum Gasteiger partial charge on any atom is 0.335 e. The van der Waals surface area contributed by atoms with Gasteiger partial charge in [0.2, 0.25) is 5.91 Å². The first-order valence-electron chi connectivity index (χ1n) is 11.0. The summed E-state index contributed by atoms with van der Waals surface area (Å²) in [6.07, 6.45) is 0. The van der Waals surface area contributed by atoms with Crippen molar-refractivity contribution >= 4 is 35.2 Å². The molecule has 0 bridgehead atoms. The molecule has 0 saturated heterocycles. The summed E-state index contributed by atoms with van der Waals surface area (Å²) in [4.78, 5) is 36.2. The Morgan fingerprint density at radius 2 is 1.86 bits per heavy atom. The minimum absolute atomic E-state index is 0.0172. The van der Waals surface area contributed by atoms with Gasteiger partial charge in [0.15, 0.2) is 11.0 Å². The highest BCUT2D eigenvalue weighted by Gasteiger charge is 2.27. The standard InChI is InChI=1S/C24H26FN5O4S/c1-4-30-21(20(14(2)3)27-22(32)17-10-5-6-11-18(17)25)28-29-24(30)35-13-19(31)26-16-9-7-8-15(12-16)23(33)34/h5-12,14,20H,4,13H2,1-3H3,(H,26,31)(H,27,32)(H,33,34). The van der Waals surface area contributed by atoms with E-state index in [1.54, 1.807) is 22.8 Å². The van der Waals surface area contributed by atoms with Crippen LogP contribution in [0.5, 0.6) is 0 Å². The second kappa shape index (κ2) is 11.6. The quantitative estimate of drug-likeness (QED) is 0.360. The molecule has 0 radical (unpaired) electrons. The van der Waals surface area contributed by atoms with Crippen molar-refractivity contribution in [1.29, 1.82) is 0 Å². The van der Waals surface area contributed by atoms with Crippen molar-refractivity contribution in [2.75, 3.05) is 11.1 Å². The number of carbonyl (C=O) groups excluding carboxylic acids is 2. The van der Waals surface area contributed by atoms with Crippen molar-refractivity contribution in [3.05, 3.63) is 71.3 Å². The number of amides is 2. The van der Waals surface area contributed by atoms with Gasteiger partial charge in [-0.15, -0.1) is 10.2 Å². The van der Waals surface area contributed by atoms with E-state index in [9.17, 15) is 18.8 Å². The molecule has 11 heteroatoms. The van der Waals surface area contributed by atoms with Crippen LogP contribution in [0.2, 0.25) is 0 Å². The van der Waals surface area contributed by atoms with Gasteiger partial charge >= 0.3 is 5.97 Å². The molecule has 3 rings (SSSR count). The number of aromatic carboxylic acids is 1. The van der Waals surface area contributed by atoms with E-state index in [-0.39, 0.29) is 28.7 Å². The summed E-state index contributed by atoms with van der Waals surface area (Å²) in [5, 5.41) is 23.6. The van der Waals surface area contributed by atoms with E-state index in [1.807, 2.05) is 20.8 Å². The summed E-state index contributed by atoms with van der Waals surface area (Å²) < 4.78 is 15.9. The second-order valence-corrected chi connectivity index (χ2v) is 8.93. The first kappa shape index (κ1) is 25.9. The third-order valence-corrected chi connectivity index (χ3v) is 6.10. The first-order valence-corrected chi connectivity index (χ1v) is 11.9. The van der Waals surface area contributed by atoms with Crippen LogP contribution in [0.15, 0.2) is 53.7 Å². The normalized spacial score (nSPS) is 11.8. The van der Waals surface area contributed by atoms with E-state index >= 15 is 0 Å². The number of carboxylic acids is 1. The zero-order valence-corrected chi connectivity index (χ0v) is 20.3. The van der Waals surface area contributed by atoms with Crippen LogP contribution in [-0.4, -0.2) is 43.4 Å². The molecule has 1 aromatic heterocycles. The number of nitrogens with zero attached hydrogens (tertiary/aromatic N) is 3. The molecule has 184 valence electrons. The van der Waals surface area contributed by atoms with Gasteiger partial charge in [-0.2, -0.15) is 0 Å². The van der Waals surface area contributed by atoms with E-state index in [1.165, 1.54) is 42.1 Å². The number of nitrogens with one attached hydrogen (secondary N) is 2. The molecular formula is C24H26FN5O4S. The fourth-order valence-corrected chi connectivity index (χ4v) is 4.19. The average molecular weight is 500 g/mol. The highest BCUT2D eigenvalue weighted by molar-refractivity contribution is 7.99. The maximum absolute atomic E-state index is 14.1. The molecule has 3 N–H and O–H groups in total. The summed E-state index contributed by atoms with van der Waals surface area (Å²) >= 11 is 1.17. The van der Waals surface area contributed by atoms with Crippen LogP contribution in [0.25, 0.3) is 0 Å². The summed E-state index contributed by atoms with van der Waals surface area (Å²) in [5.74, 6) is -2.13. The van der Waals surface area contributed by atoms with Crippen LogP contribution in [0.1, 0.15) is 53.4 Å². The molecule has 2 aromatic carbocycles. The van der Waals surface area contributed by atoms with Crippen LogP contribution in [0.3, 0.4) is 0 Å². The molecule has 1 unspecified atom stereocenters. The third-order valence-electron chi connectivity index (χ3n) is 5.14. The lowest BCUT2D eigenvalue weighted by Crippen LogP contribution is -2.34. The number of hydrogen-bond acceptors (Lipinski definition) is 6. The lowest BCUT2D eigenvalue weighted by atomic mass is 10.0. The Labute approximate surface area is 206 Å². The Bertz CT molecular complexity index is 1230. The molecule has 35 heavy (non-hydrogen) atoms. The highest BCUT2D eigenvalue weighted by Crippen LogP contribution is 2.26. The Kier molecular flexibility index (Phi) is 8.58. The molecule has 0 saturated carbocycles. The van der Waals surface area contributed by atoms with E-state index in [2.05, 4.69) is 20.8 Å². The molecule has 1 atom stereocenters. The molecule has 0 aliphatic heterocycles. The van der Waals surface area contributed by atoms with Gasteiger partial charge in [-0.1, -0.05) is 43.8 Å². The Morgan fingerprint density at radius 1 is 1.11 bits per heavy atom. The minimum Gasteiger partial charge on any atom is -0.478 e. The van der Waals surface area contributed by atoms with Crippen LogP contribution < -0.4 is 10.6 Å². The van der Waals surface area contributed by atoms with Crippen LogP contribution in [0.4, 0.5) is 10.1 Å². The van der Waals surface area contributed by atoms with Gasteiger partial charge in [-0.05, 0) is 43.2 Å². The fraction of sp³-hybridized carbons (Fsp3) is 0.292. The number of hydrogen-bond donors (Lipinski definition) is 3. The summed E-state index contributed by atoms with van der Waals surface area (Å²) in [7, 11) is 0. The highest BCUT2D eigenvalue weighted by atomic mass is 32.2. The van der Waals surface area contributed by atoms with Crippen molar-refractivity contribution in [1.82, 2.24) is 20.1 Å². The number of aromatic nitrogens is 3. The van der Waals surface area contributed by atoms with Crippen molar-refractivity contribution in [2.45, 2.75) is 38.5 Å². The smallest absolute Gasteiger partial charge is 0.335 e. The van der Waals surface area contributed by atoms with Crippen molar-refractivity contribution in [3.8, 4) is 0 Å². The van der Waals surface area contributed by atoms with Gasteiger partial charge in [-0.25, -0.2) is 9.18 Å². The van der Waals surface area contributed by atoms with Gasteiger partial charge in [0.05, 0.1) is 22.9 Å². The van der Waals surface area contributed by atoms with Crippen LogP contribution >= 0.6 is 11.8 Å². The third kappa shape index (κ3) is 6.44. The SMILES string of the molecule is CCn1c(SCC(=O)Nc2cccc(C(=O)O)c2)nnc1C(NC(=O)c1ccccc1F)C(C)C. The van der Waals surface area contributed by atoms with Gasteiger partial charge < -0.3 is 20.3 Å². The zero-order chi connectivity index (χ0) is 25.5. The molecule has 0 spiro atoms. The Balaban J connectivity index is 1.71. The number of carboxylic acid groups (broad SMARTS) is 1. The van der Waals surface area contributed by atoms with Gasteiger partial charge in [0, 0.05) is 12.2 Å². The summed E-state index contributed by atoms with van der Waals surface area (Å²) in [6, 6.07) is 11.2. The molecule has 3 aromatic rings. The van der Waals surface area contributed by atoms with Crippen molar-refractivity contribution < 1.29 is 23.9 Å². The van der Waals surface area contributed by atoms with E-state index in [0.717, 1.165) is 0 Å². The van der Waals surface area contributed by atoms with E-state index in [0.29, 0.717) is 23.2 Å². The molecular weight excluding hydrogens is 473 g/mol. The van der Waals surface area contributed by atoms with Gasteiger partial charge in [0.25, 0.3) is 5.91 Å². The molecule has 1 heterocycles. The topological polar surface area (TPSA) is 126 Å². The number of rotatable bonds is 10. The summed E-state index contributed by atoms with van der Waals surface area (Å²) in [5.41, 5.74) is 0.394. The maximum atomic E-state index is 14.1. The molecule has 0 aliphatic rings. The molecule has 9 nitrogen and oxygen atoms in total. The van der Waals surface area contributed by atoms with Gasteiger partial charge in [0.1, 0.15) is 5.82 Å². The molecule has 2 amide bonds. The Morgan fingerprint density at radius 3 is 2.51 bits per heavy atom. The lowest BCUT2D eigenvalue weighted by Gasteiger charge is -2.22. The number of halogens is 1. The minimum atomic E-state index is -1.08. The number of thioether (sulfide) groups is 1. The first-order chi connectivity index (χ1) is 16.7. The summed E-state index contributed by atoms with van der Waals surface area (Å²) in [6.45, 7) is 6.20. The predicted octanol–water partition coefficient (Wildman–Crippen LogP) is 3.99. The van der Waals surface area contributed by atoms with Crippen LogP contribution in [0, 0.1) is 11.7 Å². The van der Waals surface area contributed by atoms with Gasteiger partial charge in [-0.3, -0.25) is 9.59 Å². The average Bonchev–Trinajstić information content (AvgIpc) is 3.23. The van der Waals surface area contributed by atoms with E-state index < -0.39 is 23.7 Å². The number of benzene rings is 2. The number of carbonyl (C=O) groups is 3.